The zero-order chi connectivity index (χ0) is 12.2. The van der Waals surface area contributed by atoms with E-state index in [-0.39, 0.29) is 10.9 Å². The van der Waals surface area contributed by atoms with Crippen LogP contribution in [0.3, 0.4) is 0 Å². The molecule has 0 amide bonds. The van der Waals surface area contributed by atoms with Gasteiger partial charge in [-0.3, -0.25) is 0 Å². The normalized spacial score (nSPS) is 30.2. The molecule has 0 heterocycles. The molecule has 0 saturated heterocycles. The van der Waals surface area contributed by atoms with Crippen molar-refractivity contribution < 1.29 is 27.4 Å². The quantitative estimate of drug-likeness (QED) is 0.556. The van der Waals surface area contributed by atoms with Crippen LogP contribution in [0.1, 0.15) is 6.42 Å². The summed E-state index contributed by atoms with van der Waals surface area (Å²) in [5, 5.41) is 0. The minimum absolute atomic E-state index is 0.0580. The lowest BCUT2D eigenvalue weighted by Crippen LogP contribution is -2.52. The lowest BCUT2D eigenvalue weighted by Gasteiger charge is -2.40. The molecule has 1 aliphatic carbocycles. The highest BCUT2D eigenvalue weighted by Crippen LogP contribution is 2.34. The van der Waals surface area contributed by atoms with E-state index < -0.39 is 18.9 Å². The maximum atomic E-state index is 11.9. The van der Waals surface area contributed by atoms with Crippen molar-refractivity contribution in [1.82, 2.24) is 0 Å². The number of hydrogen-bond donors (Lipinski definition) is 0. The second-order valence-corrected chi connectivity index (χ2v) is 4.72. The largest absolute Gasteiger partial charge is 0.411 e. The molecule has 0 aromatic carbocycles. The Morgan fingerprint density at radius 3 is 2.44 bits per heavy atom. The third-order valence-electron chi connectivity index (χ3n) is 2.24. The molecule has 1 rings (SSSR count). The summed E-state index contributed by atoms with van der Waals surface area (Å²) in [6, 6.07) is 0. The van der Waals surface area contributed by atoms with Crippen molar-refractivity contribution >= 4 is 15.9 Å². The standard InChI is InChI=1S/C9H14BrF3O3/c1-14-2-3-15-8-6(10)4-7(8)16-5-9(11,12)13/h6-8H,2-5H2,1H3. The molecule has 1 fully saturated rings. The van der Waals surface area contributed by atoms with E-state index in [0.29, 0.717) is 19.6 Å². The van der Waals surface area contributed by atoms with Crippen LogP contribution in [0.2, 0.25) is 0 Å². The van der Waals surface area contributed by atoms with E-state index >= 15 is 0 Å². The van der Waals surface area contributed by atoms with Gasteiger partial charge in [0.1, 0.15) is 6.61 Å². The van der Waals surface area contributed by atoms with Crippen molar-refractivity contribution in [2.45, 2.75) is 29.6 Å². The Morgan fingerprint density at radius 1 is 1.25 bits per heavy atom. The Kier molecular flexibility index (Phi) is 5.49. The molecular weight excluding hydrogens is 293 g/mol. The summed E-state index contributed by atoms with van der Waals surface area (Å²) in [6.07, 6.45) is -4.55. The molecule has 3 unspecified atom stereocenters. The van der Waals surface area contributed by atoms with E-state index in [0.717, 1.165) is 0 Å². The first-order valence-electron chi connectivity index (χ1n) is 4.87. The van der Waals surface area contributed by atoms with Crippen molar-refractivity contribution in [1.29, 1.82) is 0 Å². The van der Waals surface area contributed by atoms with Gasteiger partial charge in [-0.25, -0.2) is 0 Å². The van der Waals surface area contributed by atoms with Gasteiger partial charge in [0.15, 0.2) is 0 Å². The first-order valence-corrected chi connectivity index (χ1v) is 5.78. The van der Waals surface area contributed by atoms with Gasteiger partial charge in [-0.15, -0.1) is 0 Å². The third-order valence-corrected chi connectivity index (χ3v) is 3.13. The Morgan fingerprint density at radius 2 is 1.94 bits per heavy atom. The van der Waals surface area contributed by atoms with Gasteiger partial charge in [0, 0.05) is 11.9 Å². The number of rotatable bonds is 6. The van der Waals surface area contributed by atoms with Gasteiger partial charge in [0.25, 0.3) is 0 Å². The lowest BCUT2D eigenvalue weighted by molar-refractivity contribution is -0.213. The average molecular weight is 307 g/mol. The van der Waals surface area contributed by atoms with Gasteiger partial charge in [0.2, 0.25) is 0 Å². The fourth-order valence-corrected chi connectivity index (χ4v) is 2.23. The van der Waals surface area contributed by atoms with E-state index in [4.69, 9.17) is 14.2 Å². The molecule has 0 aromatic rings. The monoisotopic (exact) mass is 306 g/mol. The van der Waals surface area contributed by atoms with Crippen molar-refractivity contribution in [3.8, 4) is 0 Å². The molecule has 0 radical (unpaired) electrons. The molecule has 1 saturated carbocycles. The van der Waals surface area contributed by atoms with Crippen LogP contribution < -0.4 is 0 Å². The molecule has 0 aliphatic heterocycles. The molecule has 1 aliphatic rings. The lowest BCUT2D eigenvalue weighted by atomic mass is 9.91. The molecule has 16 heavy (non-hydrogen) atoms. The molecule has 0 N–H and O–H groups in total. The maximum Gasteiger partial charge on any atom is 0.411 e. The van der Waals surface area contributed by atoms with E-state index in [1.165, 1.54) is 7.11 Å². The number of methoxy groups -OCH3 is 1. The smallest absolute Gasteiger partial charge is 0.382 e. The van der Waals surface area contributed by atoms with Crippen molar-refractivity contribution in [3.63, 3.8) is 0 Å². The molecule has 0 spiro atoms. The predicted molar refractivity (Wildman–Crippen MR) is 54.7 cm³/mol. The zero-order valence-electron chi connectivity index (χ0n) is 8.80. The summed E-state index contributed by atoms with van der Waals surface area (Å²) < 4.78 is 50.6. The van der Waals surface area contributed by atoms with Gasteiger partial charge in [-0.05, 0) is 6.42 Å². The number of ether oxygens (including phenoxy) is 3. The molecule has 3 nitrogen and oxygen atoms in total. The van der Waals surface area contributed by atoms with Crippen molar-refractivity contribution in [2.75, 3.05) is 26.9 Å². The minimum Gasteiger partial charge on any atom is -0.382 e. The summed E-state index contributed by atoms with van der Waals surface area (Å²) in [4.78, 5) is 0.0580. The highest BCUT2D eigenvalue weighted by atomic mass is 79.9. The second-order valence-electron chi connectivity index (χ2n) is 3.54. The molecule has 7 heteroatoms. The van der Waals surface area contributed by atoms with Crippen LogP contribution in [-0.4, -0.2) is 50.1 Å². The maximum absolute atomic E-state index is 11.9. The summed E-state index contributed by atoms with van der Waals surface area (Å²) in [5.74, 6) is 0. The summed E-state index contributed by atoms with van der Waals surface area (Å²) in [6.45, 7) is -0.446. The molecule has 96 valence electrons. The van der Waals surface area contributed by atoms with Gasteiger partial charge >= 0.3 is 6.18 Å². The predicted octanol–water partition coefficient (Wildman–Crippen LogP) is 2.13. The zero-order valence-corrected chi connectivity index (χ0v) is 10.4. The van der Waals surface area contributed by atoms with Crippen LogP contribution in [0.15, 0.2) is 0 Å². The number of hydrogen-bond acceptors (Lipinski definition) is 3. The van der Waals surface area contributed by atoms with Gasteiger partial charge in [0.05, 0.1) is 25.4 Å². The summed E-state index contributed by atoms with van der Waals surface area (Å²) >= 11 is 3.31. The van der Waals surface area contributed by atoms with Crippen LogP contribution in [0, 0.1) is 0 Å². The van der Waals surface area contributed by atoms with Gasteiger partial charge in [-0.2, -0.15) is 13.2 Å². The topological polar surface area (TPSA) is 27.7 Å². The first-order chi connectivity index (χ1) is 7.44. The minimum atomic E-state index is -4.28. The van der Waals surface area contributed by atoms with Gasteiger partial charge < -0.3 is 14.2 Å². The molecular formula is C9H14BrF3O3. The Hall–Kier alpha value is 0.150. The molecule has 0 bridgehead atoms. The van der Waals surface area contributed by atoms with Gasteiger partial charge in [-0.1, -0.05) is 15.9 Å². The van der Waals surface area contributed by atoms with Crippen LogP contribution >= 0.6 is 15.9 Å². The van der Waals surface area contributed by atoms with Crippen molar-refractivity contribution in [3.05, 3.63) is 0 Å². The SMILES string of the molecule is COCCOC1C(Br)CC1OCC(F)(F)F. The Labute approximate surface area is 100 Å². The van der Waals surface area contributed by atoms with E-state index in [1.54, 1.807) is 0 Å². The second kappa shape index (κ2) is 6.18. The van der Waals surface area contributed by atoms with Crippen LogP contribution in [-0.2, 0) is 14.2 Å². The highest BCUT2D eigenvalue weighted by Gasteiger charge is 2.43. The van der Waals surface area contributed by atoms with Crippen LogP contribution in [0.5, 0.6) is 0 Å². The van der Waals surface area contributed by atoms with Crippen LogP contribution in [0.25, 0.3) is 0 Å². The van der Waals surface area contributed by atoms with E-state index in [1.807, 2.05) is 0 Å². The summed E-state index contributed by atoms with van der Waals surface area (Å²) in [5.41, 5.74) is 0. The first kappa shape index (κ1) is 14.2. The Balaban J connectivity index is 2.22. The Bertz CT molecular complexity index is 213. The number of halogens is 4. The van der Waals surface area contributed by atoms with Crippen LogP contribution in [0.4, 0.5) is 13.2 Å². The van der Waals surface area contributed by atoms with E-state index in [9.17, 15) is 13.2 Å². The third kappa shape index (κ3) is 4.57. The summed E-state index contributed by atoms with van der Waals surface area (Å²) in [7, 11) is 1.54. The number of alkyl halides is 4. The van der Waals surface area contributed by atoms with Crippen molar-refractivity contribution in [2.24, 2.45) is 0 Å². The fourth-order valence-electron chi connectivity index (χ4n) is 1.37. The van der Waals surface area contributed by atoms with E-state index in [2.05, 4.69) is 15.9 Å². The highest BCUT2D eigenvalue weighted by molar-refractivity contribution is 9.09. The molecule has 0 aromatic heterocycles. The fraction of sp³-hybridized carbons (Fsp3) is 1.00. The molecule has 3 atom stereocenters. The average Bonchev–Trinajstić information content (AvgIpc) is 2.17.